The van der Waals surface area contributed by atoms with E-state index in [-0.39, 0.29) is 35.6 Å². The van der Waals surface area contributed by atoms with Gasteiger partial charge in [0, 0.05) is 50.4 Å². The van der Waals surface area contributed by atoms with Gasteiger partial charge in [-0.2, -0.15) is 4.98 Å². The summed E-state index contributed by atoms with van der Waals surface area (Å²) in [7, 11) is 3.21. The van der Waals surface area contributed by atoms with Crippen LogP contribution in [-0.2, 0) is 24.9 Å². The van der Waals surface area contributed by atoms with Crippen LogP contribution in [0.1, 0.15) is 47.1 Å². The van der Waals surface area contributed by atoms with Gasteiger partial charge in [0.2, 0.25) is 5.82 Å². The highest BCUT2D eigenvalue weighted by Crippen LogP contribution is 2.35. The van der Waals surface area contributed by atoms with Gasteiger partial charge in [0.05, 0.1) is 7.11 Å². The van der Waals surface area contributed by atoms with Crippen LogP contribution in [0, 0.1) is 5.92 Å². The maximum atomic E-state index is 13.2. The van der Waals surface area contributed by atoms with Gasteiger partial charge < -0.3 is 19.3 Å². The van der Waals surface area contributed by atoms with Gasteiger partial charge >= 0.3 is 6.01 Å². The second kappa shape index (κ2) is 9.74. The highest BCUT2D eigenvalue weighted by Gasteiger charge is 2.38. The lowest BCUT2D eigenvalue weighted by Gasteiger charge is -2.42. The molecule has 0 spiro atoms. The summed E-state index contributed by atoms with van der Waals surface area (Å²) in [4.78, 5) is 42.9. The van der Waals surface area contributed by atoms with Crippen LogP contribution in [0.15, 0.2) is 16.9 Å². The summed E-state index contributed by atoms with van der Waals surface area (Å²) in [6.45, 7) is 4.53. The Morgan fingerprint density at radius 3 is 2.64 bits per heavy atom. The van der Waals surface area contributed by atoms with E-state index in [0.29, 0.717) is 25.6 Å². The minimum atomic E-state index is -0.250. The zero-order valence-electron chi connectivity index (χ0n) is 19.0. The molecule has 1 amide bonds. The zero-order chi connectivity index (χ0) is 23.5. The van der Waals surface area contributed by atoms with Crippen molar-refractivity contribution in [2.24, 2.45) is 13.0 Å². The molecule has 11 heteroatoms. The molecule has 11 nitrogen and oxygen atoms in total. The molecule has 0 radical (unpaired) electrons. The number of rotatable bonds is 4. The molecule has 3 aliphatic heterocycles. The normalized spacial score (nSPS) is 21.7. The average Bonchev–Trinajstić information content (AvgIpc) is 3.45. The Kier molecular flexibility index (Phi) is 6.77. The van der Waals surface area contributed by atoms with Gasteiger partial charge in [-0.15, -0.1) is 5.10 Å². The molecule has 3 aliphatic rings. The van der Waals surface area contributed by atoms with Crippen molar-refractivity contribution in [2.45, 2.75) is 38.3 Å². The first kappa shape index (κ1) is 23.0. The molecule has 0 aromatic carbocycles. The van der Waals surface area contributed by atoms with Crippen molar-refractivity contribution in [1.29, 1.82) is 0 Å². The van der Waals surface area contributed by atoms with Crippen LogP contribution in [0.4, 0.5) is 0 Å². The maximum absolute atomic E-state index is 13.2. The lowest BCUT2D eigenvalue weighted by molar-refractivity contribution is -0.122. The lowest BCUT2D eigenvalue weighted by Crippen LogP contribution is -2.49. The van der Waals surface area contributed by atoms with E-state index in [1.807, 2.05) is 15.5 Å². The minimum Gasteiger partial charge on any atom is -0.483 e. The number of nitrogens with zero attached hydrogens (tertiary/aromatic N) is 6. The molecule has 0 saturated carbocycles. The molecule has 5 heterocycles. The number of ether oxygens (including phenoxy) is 1. The van der Waals surface area contributed by atoms with Crippen LogP contribution in [0.2, 0.25) is 0 Å². The summed E-state index contributed by atoms with van der Waals surface area (Å²) in [6.07, 6.45) is 3.45. The predicted molar refractivity (Wildman–Crippen MR) is 118 cm³/mol. The third-order valence-corrected chi connectivity index (χ3v) is 6.66. The quantitative estimate of drug-likeness (QED) is 0.659. The molecule has 2 fully saturated rings. The van der Waals surface area contributed by atoms with Crippen LogP contribution < -0.4 is 10.3 Å². The van der Waals surface area contributed by atoms with Crippen molar-refractivity contribution in [3.05, 3.63) is 39.6 Å². The van der Waals surface area contributed by atoms with Crippen molar-refractivity contribution in [3.63, 3.8) is 0 Å². The number of carboxylic acid groups (broad SMARTS) is 1. The molecular weight excluding hydrogens is 428 g/mol. The second-order valence-corrected chi connectivity index (χ2v) is 8.84. The average molecular weight is 459 g/mol. The number of likely N-dealkylation sites (tertiary alicyclic amines) is 2. The first-order valence-electron chi connectivity index (χ1n) is 11.2. The largest absolute Gasteiger partial charge is 0.483 e. The molecule has 2 atom stereocenters. The minimum absolute atomic E-state index is 0.144. The number of aromatic nitrogens is 4. The number of amides is 1. The highest BCUT2D eigenvalue weighted by atomic mass is 16.5. The Morgan fingerprint density at radius 1 is 1.24 bits per heavy atom. The predicted octanol–water partition coefficient (Wildman–Crippen LogP) is 0.542. The summed E-state index contributed by atoms with van der Waals surface area (Å²) >= 11 is 0. The molecule has 178 valence electrons. The maximum Gasteiger partial charge on any atom is 0.314 e. The summed E-state index contributed by atoms with van der Waals surface area (Å²) in [5, 5.41) is 11.1. The van der Waals surface area contributed by atoms with E-state index in [2.05, 4.69) is 21.0 Å². The SMILES string of the molecule is COc1nc(C(=O)N2C[C@@H]3C[C@H](C2)c2ccc(CN4CCCC4)c(=O)n2C3)nn1C.O=CO. The van der Waals surface area contributed by atoms with Crippen LogP contribution in [0.25, 0.3) is 0 Å². The molecule has 2 bridgehead atoms. The Bertz CT molecular complexity index is 1070. The van der Waals surface area contributed by atoms with E-state index in [1.165, 1.54) is 24.6 Å². The monoisotopic (exact) mass is 458 g/mol. The fraction of sp³-hybridized carbons (Fsp3) is 0.591. The number of hydrogen-bond acceptors (Lipinski definition) is 7. The van der Waals surface area contributed by atoms with E-state index in [0.717, 1.165) is 37.3 Å². The van der Waals surface area contributed by atoms with Gasteiger partial charge in [-0.05, 0) is 44.3 Å². The summed E-state index contributed by atoms with van der Waals surface area (Å²) < 4.78 is 8.57. The van der Waals surface area contributed by atoms with E-state index in [1.54, 1.807) is 7.05 Å². The summed E-state index contributed by atoms with van der Waals surface area (Å²) in [5.74, 6) is 0.420. The number of carbonyl (C=O) groups excluding carboxylic acids is 1. The molecular formula is C22H30N6O5. The zero-order valence-corrected chi connectivity index (χ0v) is 19.0. The van der Waals surface area contributed by atoms with Crippen LogP contribution in [0.5, 0.6) is 6.01 Å². The number of pyridine rings is 1. The van der Waals surface area contributed by atoms with Crippen molar-refractivity contribution in [3.8, 4) is 6.01 Å². The van der Waals surface area contributed by atoms with E-state index in [4.69, 9.17) is 14.6 Å². The van der Waals surface area contributed by atoms with Gasteiger partial charge in [-0.25, -0.2) is 4.68 Å². The summed E-state index contributed by atoms with van der Waals surface area (Å²) in [5.41, 5.74) is 2.08. The van der Waals surface area contributed by atoms with E-state index < -0.39 is 0 Å². The van der Waals surface area contributed by atoms with Crippen LogP contribution in [-0.4, -0.2) is 79.9 Å². The van der Waals surface area contributed by atoms with Gasteiger partial charge in [-0.3, -0.25) is 19.3 Å². The fourth-order valence-electron chi connectivity index (χ4n) is 5.24. The molecule has 2 saturated heterocycles. The fourth-order valence-corrected chi connectivity index (χ4v) is 5.24. The van der Waals surface area contributed by atoms with Gasteiger partial charge in [0.15, 0.2) is 0 Å². The number of aryl methyl sites for hydroxylation is 1. The lowest BCUT2D eigenvalue weighted by atomic mass is 9.83. The van der Waals surface area contributed by atoms with Crippen molar-refractivity contribution < 1.29 is 19.4 Å². The molecule has 0 unspecified atom stereocenters. The highest BCUT2D eigenvalue weighted by molar-refractivity contribution is 5.90. The van der Waals surface area contributed by atoms with Crippen molar-refractivity contribution in [2.75, 3.05) is 33.3 Å². The Labute approximate surface area is 191 Å². The number of methoxy groups -OCH3 is 1. The summed E-state index contributed by atoms with van der Waals surface area (Å²) in [6, 6.07) is 4.42. The Balaban J connectivity index is 0.000000821. The molecule has 1 N–H and O–H groups in total. The Hall–Kier alpha value is -3.21. The first-order valence-corrected chi connectivity index (χ1v) is 11.2. The standard InChI is InChI=1S/C21H28N6O3.CH2O2/c1-24-21(30-2)22-18(23-24)20(29)26-10-14-9-16(13-26)17-6-5-15(19(28)27(17)11-14)12-25-7-3-4-8-25;2-1-3/h5-6,14,16H,3-4,7-13H2,1-2H3;1H,(H,2,3)/t14-,16+;/m0./s1. The number of hydrogen-bond donors (Lipinski definition) is 1. The van der Waals surface area contributed by atoms with Gasteiger partial charge in [-0.1, -0.05) is 6.07 Å². The van der Waals surface area contributed by atoms with E-state index >= 15 is 0 Å². The van der Waals surface area contributed by atoms with Gasteiger partial charge in [0.1, 0.15) is 0 Å². The topological polar surface area (TPSA) is 123 Å². The molecule has 2 aromatic heterocycles. The molecule has 5 rings (SSSR count). The van der Waals surface area contributed by atoms with Crippen molar-refractivity contribution in [1.82, 2.24) is 29.1 Å². The molecule has 0 aliphatic carbocycles. The number of piperidine rings is 1. The van der Waals surface area contributed by atoms with Crippen molar-refractivity contribution >= 4 is 12.4 Å². The smallest absolute Gasteiger partial charge is 0.314 e. The second-order valence-electron chi connectivity index (χ2n) is 8.84. The van der Waals surface area contributed by atoms with Crippen LogP contribution >= 0.6 is 0 Å². The number of fused-ring (bicyclic) bond motifs is 4. The third kappa shape index (κ3) is 4.63. The van der Waals surface area contributed by atoms with Crippen LogP contribution in [0.3, 0.4) is 0 Å². The van der Waals surface area contributed by atoms with E-state index in [9.17, 15) is 9.59 Å². The number of carbonyl (C=O) groups is 2. The molecule has 2 aromatic rings. The molecule has 33 heavy (non-hydrogen) atoms. The third-order valence-electron chi connectivity index (χ3n) is 6.66. The Morgan fingerprint density at radius 2 is 1.97 bits per heavy atom. The van der Waals surface area contributed by atoms with Gasteiger partial charge in [0.25, 0.3) is 17.9 Å². The first-order chi connectivity index (χ1) is 15.9.